The summed E-state index contributed by atoms with van der Waals surface area (Å²) in [5.41, 5.74) is 0.0883. The van der Waals surface area contributed by atoms with E-state index in [0.29, 0.717) is 6.42 Å². The molecular weight excluding hydrogens is 311 g/mol. The first-order chi connectivity index (χ1) is 6.76. The van der Waals surface area contributed by atoms with Gasteiger partial charge in [-0.3, -0.25) is 4.79 Å². The van der Waals surface area contributed by atoms with E-state index in [1.807, 2.05) is 20.8 Å². The van der Waals surface area contributed by atoms with Crippen LogP contribution in [-0.4, -0.2) is 23.2 Å². The van der Waals surface area contributed by atoms with Crippen LogP contribution in [-0.2, 0) is 19.1 Å². The van der Waals surface area contributed by atoms with Gasteiger partial charge in [-0.1, -0.05) is 20.8 Å². The molecule has 0 saturated carbocycles. The molecule has 0 bridgehead atoms. The second-order valence-corrected chi connectivity index (χ2v) is 5.52. The van der Waals surface area contributed by atoms with Crippen LogP contribution >= 0.6 is 22.6 Å². The van der Waals surface area contributed by atoms with Crippen molar-refractivity contribution in [3.8, 4) is 0 Å². The molecule has 0 aromatic rings. The molecule has 0 aliphatic carbocycles. The van der Waals surface area contributed by atoms with Crippen molar-refractivity contribution in [3.05, 3.63) is 0 Å². The summed E-state index contributed by atoms with van der Waals surface area (Å²) >= 11 is 1.73. The van der Waals surface area contributed by atoms with Gasteiger partial charge in [0.1, 0.15) is 0 Å². The number of carbonyl (C=O) groups is 2. The highest BCUT2D eigenvalue weighted by Crippen LogP contribution is 2.21. The Kier molecular flexibility index (Phi) is 6.16. The minimum Gasteiger partial charge on any atom is -0.466 e. The van der Waals surface area contributed by atoms with Crippen molar-refractivity contribution in [3.63, 3.8) is 0 Å². The van der Waals surface area contributed by atoms with Gasteiger partial charge in [0, 0.05) is 6.42 Å². The smallest absolute Gasteiger partial charge is 0.357 e. The normalized spacial score (nSPS) is 13.1. The predicted molar refractivity (Wildman–Crippen MR) is 64.6 cm³/mol. The van der Waals surface area contributed by atoms with Crippen molar-refractivity contribution in [2.24, 2.45) is 5.41 Å². The van der Waals surface area contributed by atoms with E-state index in [0.717, 1.165) is 6.42 Å². The Bertz CT molecular complexity index is 232. The van der Waals surface area contributed by atoms with E-state index in [9.17, 15) is 9.59 Å². The molecule has 0 aromatic heterocycles. The third kappa shape index (κ3) is 7.58. The molecule has 0 spiro atoms. The van der Waals surface area contributed by atoms with E-state index in [4.69, 9.17) is 4.74 Å². The van der Waals surface area contributed by atoms with Crippen molar-refractivity contribution in [1.82, 2.24) is 0 Å². The summed E-state index contributed by atoms with van der Waals surface area (Å²) in [7, 11) is 1.26. The lowest BCUT2D eigenvalue weighted by molar-refractivity contribution is -0.158. The van der Waals surface area contributed by atoms with Gasteiger partial charge in [-0.05, 0) is 34.4 Å². The van der Waals surface area contributed by atoms with Gasteiger partial charge >= 0.3 is 11.9 Å². The molecule has 1 unspecified atom stereocenters. The first kappa shape index (κ1) is 14.7. The Labute approximate surface area is 104 Å². The maximum atomic E-state index is 11.3. The lowest BCUT2D eigenvalue weighted by atomic mass is 9.91. The standard InChI is InChI=1S/C10H17IO4/c1-10(2,3)6-5-7(12)15-8(11)9(13)14-4/h8H,5-6H2,1-4H3. The number of ether oxygens (including phenoxy) is 2. The van der Waals surface area contributed by atoms with E-state index >= 15 is 0 Å². The van der Waals surface area contributed by atoms with Crippen LogP contribution in [0.2, 0.25) is 0 Å². The van der Waals surface area contributed by atoms with E-state index in [-0.39, 0.29) is 11.4 Å². The van der Waals surface area contributed by atoms with Crippen molar-refractivity contribution < 1.29 is 19.1 Å². The van der Waals surface area contributed by atoms with Gasteiger partial charge < -0.3 is 9.47 Å². The van der Waals surface area contributed by atoms with Gasteiger partial charge in [0.2, 0.25) is 4.11 Å². The maximum absolute atomic E-state index is 11.3. The van der Waals surface area contributed by atoms with Gasteiger partial charge in [0.15, 0.2) is 0 Å². The molecule has 0 fully saturated rings. The highest BCUT2D eigenvalue weighted by atomic mass is 127. The fourth-order valence-electron chi connectivity index (χ4n) is 0.792. The van der Waals surface area contributed by atoms with Gasteiger partial charge in [0.05, 0.1) is 7.11 Å². The van der Waals surface area contributed by atoms with Gasteiger partial charge in [-0.25, -0.2) is 4.79 Å². The number of methoxy groups -OCH3 is 1. The molecule has 0 aliphatic heterocycles. The third-order valence-corrected chi connectivity index (χ3v) is 2.46. The molecule has 4 nitrogen and oxygen atoms in total. The molecule has 0 N–H and O–H groups in total. The number of hydrogen-bond acceptors (Lipinski definition) is 4. The molecule has 88 valence electrons. The second kappa shape index (κ2) is 6.30. The van der Waals surface area contributed by atoms with Crippen LogP contribution in [0.15, 0.2) is 0 Å². The zero-order valence-electron chi connectivity index (χ0n) is 9.50. The van der Waals surface area contributed by atoms with Crippen LogP contribution in [0.5, 0.6) is 0 Å². The van der Waals surface area contributed by atoms with Crippen molar-refractivity contribution in [1.29, 1.82) is 0 Å². The Balaban J connectivity index is 3.89. The molecule has 15 heavy (non-hydrogen) atoms. The number of halogens is 1. The number of carbonyl (C=O) groups excluding carboxylic acids is 2. The molecule has 0 rings (SSSR count). The monoisotopic (exact) mass is 328 g/mol. The van der Waals surface area contributed by atoms with Crippen LogP contribution in [0.4, 0.5) is 0 Å². The fourth-order valence-corrected chi connectivity index (χ4v) is 1.33. The molecule has 0 radical (unpaired) electrons. The SMILES string of the molecule is COC(=O)C(I)OC(=O)CCC(C)(C)C. The van der Waals surface area contributed by atoms with Gasteiger partial charge in [-0.2, -0.15) is 0 Å². The van der Waals surface area contributed by atoms with E-state index in [1.54, 1.807) is 22.6 Å². The first-order valence-electron chi connectivity index (χ1n) is 4.67. The summed E-state index contributed by atoms with van der Waals surface area (Å²) in [5, 5.41) is 0. The Hall–Kier alpha value is -0.330. The van der Waals surface area contributed by atoms with E-state index < -0.39 is 10.1 Å². The Morgan fingerprint density at radius 1 is 1.33 bits per heavy atom. The minimum absolute atomic E-state index is 0.0883. The molecule has 0 saturated heterocycles. The summed E-state index contributed by atoms with van der Waals surface area (Å²) in [6.45, 7) is 6.13. The number of alkyl halides is 1. The van der Waals surface area contributed by atoms with Crippen LogP contribution in [0, 0.1) is 5.41 Å². The van der Waals surface area contributed by atoms with Crippen molar-refractivity contribution >= 4 is 34.5 Å². The Morgan fingerprint density at radius 3 is 2.27 bits per heavy atom. The quantitative estimate of drug-likeness (QED) is 0.451. The summed E-state index contributed by atoms with van der Waals surface area (Å²) in [6.07, 6.45) is 1.05. The zero-order valence-corrected chi connectivity index (χ0v) is 11.7. The molecule has 5 heteroatoms. The Morgan fingerprint density at radius 2 is 1.87 bits per heavy atom. The van der Waals surface area contributed by atoms with Crippen LogP contribution in [0.25, 0.3) is 0 Å². The molecular formula is C10H17IO4. The summed E-state index contributed by atoms with van der Waals surface area (Å²) in [5.74, 6) is -0.908. The minimum atomic E-state index is -0.847. The highest BCUT2D eigenvalue weighted by molar-refractivity contribution is 14.1. The fraction of sp³-hybridized carbons (Fsp3) is 0.800. The van der Waals surface area contributed by atoms with E-state index in [2.05, 4.69) is 4.74 Å². The van der Waals surface area contributed by atoms with Crippen LogP contribution < -0.4 is 0 Å². The van der Waals surface area contributed by atoms with E-state index in [1.165, 1.54) is 7.11 Å². The van der Waals surface area contributed by atoms with Gasteiger partial charge in [0.25, 0.3) is 0 Å². The van der Waals surface area contributed by atoms with Crippen LogP contribution in [0.3, 0.4) is 0 Å². The zero-order chi connectivity index (χ0) is 12.1. The molecule has 0 aromatic carbocycles. The number of esters is 2. The molecule has 1 atom stereocenters. The lowest BCUT2D eigenvalue weighted by Crippen LogP contribution is -2.23. The number of hydrogen-bond donors (Lipinski definition) is 0. The van der Waals surface area contributed by atoms with Crippen LogP contribution in [0.1, 0.15) is 33.6 Å². The molecule has 0 amide bonds. The van der Waals surface area contributed by atoms with Gasteiger partial charge in [-0.15, -0.1) is 0 Å². The largest absolute Gasteiger partial charge is 0.466 e. The lowest BCUT2D eigenvalue weighted by Gasteiger charge is -2.17. The maximum Gasteiger partial charge on any atom is 0.357 e. The third-order valence-electron chi connectivity index (χ3n) is 1.70. The average molecular weight is 328 g/mol. The molecule has 0 aliphatic rings. The number of rotatable bonds is 4. The summed E-state index contributed by atoms with van der Waals surface area (Å²) in [6, 6.07) is 0. The predicted octanol–water partition coefficient (Wildman–Crippen LogP) is 2.29. The second-order valence-electron chi connectivity index (χ2n) is 4.39. The highest BCUT2D eigenvalue weighted by Gasteiger charge is 2.21. The summed E-state index contributed by atoms with van der Waals surface area (Å²) in [4.78, 5) is 22.2. The van der Waals surface area contributed by atoms with Crippen molar-refractivity contribution in [2.45, 2.75) is 37.7 Å². The summed E-state index contributed by atoms with van der Waals surface area (Å²) < 4.78 is 8.46. The molecule has 0 heterocycles. The topological polar surface area (TPSA) is 52.6 Å². The first-order valence-corrected chi connectivity index (χ1v) is 5.92. The average Bonchev–Trinajstić information content (AvgIpc) is 2.12. The van der Waals surface area contributed by atoms with Crippen molar-refractivity contribution in [2.75, 3.05) is 7.11 Å².